The second-order valence-corrected chi connectivity index (χ2v) is 9.17. The van der Waals surface area contributed by atoms with Crippen LogP contribution in [-0.2, 0) is 27.2 Å². The number of anilines is 1. The van der Waals surface area contributed by atoms with Crippen molar-refractivity contribution in [3.05, 3.63) is 93.3 Å². The molecule has 0 atom stereocenters. The summed E-state index contributed by atoms with van der Waals surface area (Å²) in [5.74, 6) is -2.68. The van der Waals surface area contributed by atoms with E-state index in [1.165, 1.54) is 12.1 Å². The third kappa shape index (κ3) is 6.20. The van der Waals surface area contributed by atoms with Gasteiger partial charge in [-0.15, -0.1) is 0 Å². The van der Waals surface area contributed by atoms with E-state index in [1.807, 2.05) is 6.92 Å². The standard InChI is InChI=1S/C31H29F2NO6/c1-4-8-19-11-13-23(30(33)29(19)32)22-9-6-7-10-25(22)39-17-27(35)34-20-12-14-21-18(3)24(16-28(36)38-5-2)31(37)40-26(21)15-20/h6-7,9-15H,4-5,8,16-17H2,1-3H3,(H,34,35). The fourth-order valence-electron chi connectivity index (χ4n) is 4.45. The SMILES string of the molecule is CCCc1ccc(-c2ccccc2OCC(=O)Nc2ccc3c(C)c(CC(=O)OCC)c(=O)oc3c2)c(F)c1F. The molecule has 1 amide bonds. The minimum Gasteiger partial charge on any atom is -0.483 e. The summed E-state index contributed by atoms with van der Waals surface area (Å²) in [6.07, 6.45) is 0.909. The molecule has 0 saturated carbocycles. The number of carbonyl (C=O) groups is 2. The molecule has 208 valence electrons. The van der Waals surface area contributed by atoms with Crippen molar-refractivity contribution in [2.75, 3.05) is 18.5 Å². The van der Waals surface area contributed by atoms with Gasteiger partial charge in [-0.3, -0.25) is 9.59 Å². The molecule has 0 spiro atoms. The summed E-state index contributed by atoms with van der Waals surface area (Å²) in [6.45, 7) is 5.08. The fraction of sp³-hybridized carbons (Fsp3) is 0.258. The molecule has 0 aliphatic heterocycles. The number of aryl methyl sites for hydroxylation is 2. The molecule has 4 aromatic rings. The van der Waals surface area contributed by atoms with Crippen LogP contribution in [0.25, 0.3) is 22.1 Å². The van der Waals surface area contributed by atoms with Gasteiger partial charge in [-0.05, 0) is 49.6 Å². The van der Waals surface area contributed by atoms with Crippen molar-refractivity contribution in [2.24, 2.45) is 0 Å². The van der Waals surface area contributed by atoms with E-state index in [2.05, 4.69) is 5.32 Å². The van der Waals surface area contributed by atoms with E-state index in [4.69, 9.17) is 13.9 Å². The number of hydrogen-bond acceptors (Lipinski definition) is 6. The van der Waals surface area contributed by atoms with Crippen molar-refractivity contribution >= 4 is 28.5 Å². The van der Waals surface area contributed by atoms with Crippen molar-refractivity contribution in [3.8, 4) is 16.9 Å². The first kappa shape index (κ1) is 28.5. The maximum absolute atomic E-state index is 14.9. The average Bonchev–Trinajstić information content (AvgIpc) is 2.93. The lowest BCUT2D eigenvalue weighted by Crippen LogP contribution is -2.20. The van der Waals surface area contributed by atoms with Crippen molar-refractivity contribution in [2.45, 2.75) is 40.0 Å². The van der Waals surface area contributed by atoms with Gasteiger partial charge in [-0.25, -0.2) is 13.6 Å². The molecule has 9 heteroatoms. The highest BCUT2D eigenvalue weighted by Gasteiger charge is 2.19. The number of esters is 1. The number of amides is 1. The maximum Gasteiger partial charge on any atom is 0.340 e. The molecule has 4 rings (SSSR count). The highest BCUT2D eigenvalue weighted by Crippen LogP contribution is 2.34. The van der Waals surface area contributed by atoms with Crippen LogP contribution < -0.4 is 15.7 Å². The van der Waals surface area contributed by atoms with E-state index < -0.39 is 35.7 Å². The van der Waals surface area contributed by atoms with Gasteiger partial charge in [0.1, 0.15) is 11.3 Å². The van der Waals surface area contributed by atoms with Crippen LogP contribution in [0.2, 0.25) is 0 Å². The number of ether oxygens (including phenoxy) is 2. The Morgan fingerprint density at radius 1 is 0.975 bits per heavy atom. The van der Waals surface area contributed by atoms with Crippen LogP contribution in [0.5, 0.6) is 5.75 Å². The van der Waals surface area contributed by atoms with E-state index >= 15 is 0 Å². The fourth-order valence-corrected chi connectivity index (χ4v) is 4.45. The van der Waals surface area contributed by atoms with Crippen LogP contribution in [0.3, 0.4) is 0 Å². The molecule has 0 aliphatic carbocycles. The normalized spacial score (nSPS) is 10.9. The average molecular weight is 550 g/mol. The summed E-state index contributed by atoms with van der Waals surface area (Å²) in [4.78, 5) is 37.0. The molecule has 40 heavy (non-hydrogen) atoms. The first-order valence-corrected chi connectivity index (χ1v) is 12.9. The van der Waals surface area contributed by atoms with Gasteiger partial charge >= 0.3 is 11.6 Å². The van der Waals surface area contributed by atoms with E-state index in [1.54, 1.807) is 56.3 Å². The molecule has 0 saturated heterocycles. The maximum atomic E-state index is 14.9. The number of benzene rings is 3. The number of carbonyl (C=O) groups excluding carboxylic acids is 2. The Bertz CT molecular complexity index is 1630. The van der Waals surface area contributed by atoms with Crippen LogP contribution in [-0.4, -0.2) is 25.1 Å². The summed E-state index contributed by atoms with van der Waals surface area (Å²) in [5, 5.41) is 3.29. The molecule has 1 aromatic heterocycles. The number of rotatable bonds is 10. The highest BCUT2D eigenvalue weighted by atomic mass is 19.2. The smallest absolute Gasteiger partial charge is 0.340 e. The number of hydrogen-bond donors (Lipinski definition) is 1. The highest BCUT2D eigenvalue weighted by molar-refractivity contribution is 5.95. The first-order valence-electron chi connectivity index (χ1n) is 12.9. The lowest BCUT2D eigenvalue weighted by molar-refractivity contribution is -0.142. The van der Waals surface area contributed by atoms with Gasteiger partial charge in [-0.2, -0.15) is 0 Å². The molecule has 0 radical (unpaired) electrons. The van der Waals surface area contributed by atoms with Gasteiger partial charge in [0.25, 0.3) is 5.91 Å². The second kappa shape index (κ2) is 12.5. The summed E-state index contributed by atoms with van der Waals surface area (Å²) in [6, 6.07) is 14.4. The van der Waals surface area contributed by atoms with Crippen LogP contribution in [0.15, 0.2) is 63.8 Å². The Morgan fingerprint density at radius 2 is 1.75 bits per heavy atom. The number of fused-ring (bicyclic) bond motifs is 1. The number of para-hydroxylation sites is 1. The molecule has 0 bridgehead atoms. The van der Waals surface area contributed by atoms with E-state index in [0.717, 1.165) is 0 Å². The Balaban J connectivity index is 1.49. The Kier molecular flexibility index (Phi) is 8.93. The molecule has 1 N–H and O–H groups in total. The summed E-state index contributed by atoms with van der Waals surface area (Å²) < 4.78 is 45.5. The predicted molar refractivity (Wildman–Crippen MR) is 147 cm³/mol. The topological polar surface area (TPSA) is 94.8 Å². The molecule has 3 aromatic carbocycles. The van der Waals surface area contributed by atoms with Gasteiger partial charge in [0, 0.05) is 28.3 Å². The van der Waals surface area contributed by atoms with Crippen molar-refractivity contribution in [1.82, 2.24) is 0 Å². The van der Waals surface area contributed by atoms with Gasteiger partial charge in [0.05, 0.1) is 18.6 Å². The minimum absolute atomic E-state index is 0.0376. The molecular weight excluding hydrogens is 520 g/mol. The lowest BCUT2D eigenvalue weighted by atomic mass is 10.00. The number of nitrogens with one attached hydrogen (secondary N) is 1. The third-order valence-corrected chi connectivity index (χ3v) is 6.42. The minimum atomic E-state index is -0.968. The summed E-state index contributed by atoms with van der Waals surface area (Å²) in [5.41, 5.74) is 1.39. The van der Waals surface area contributed by atoms with Crippen LogP contribution >= 0.6 is 0 Å². The molecule has 1 heterocycles. The van der Waals surface area contributed by atoms with Crippen LogP contribution in [0.4, 0.5) is 14.5 Å². The Hall–Kier alpha value is -4.53. The monoisotopic (exact) mass is 549 g/mol. The quantitative estimate of drug-likeness (QED) is 0.189. The second-order valence-electron chi connectivity index (χ2n) is 9.17. The first-order chi connectivity index (χ1) is 19.2. The molecule has 0 unspecified atom stereocenters. The third-order valence-electron chi connectivity index (χ3n) is 6.42. The van der Waals surface area contributed by atoms with E-state index in [-0.39, 0.29) is 35.5 Å². The van der Waals surface area contributed by atoms with Gasteiger partial charge < -0.3 is 19.2 Å². The molecule has 0 aliphatic rings. The Labute approximate surface area is 229 Å². The van der Waals surface area contributed by atoms with Crippen LogP contribution in [0.1, 0.15) is 37.0 Å². The zero-order valence-electron chi connectivity index (χ0n) is 22.4. The predicted octanol–water partition coefficient (Wildman–Crippen LogP) is 6.12. The number of halogens is 2. The van der Waals surface area contributed by atoms with E-state index in [0.29, 0.717) is 40.6 Å². The zero-order chi connectivity index (χ0) is 28.8. The van der Waals surface area contributed by atoms with E-state index in [9.17, 15) is 23.2 Å². The summed E-state index contributed by atoms with van der Waals surface area (Å²) in [7, 11) is 0. The Morgan fingerprint density at radius 3 is 2.50 bits per heavy atom. The van der Waals surface area contributed by atoms with Crippen molar-refractivity contribution in [1.29, 1.82) is 0 Å². The molecule has 7 nitrogen and oxygen atoms in total. The van der Waals surface area contributed by atoms with Crippen molar-refractivity contribution < 1.29 is 32.3 Å². The van der Waals surface area contributed by atoms with Gasteiger partial charge in [0.15, 0.2) is 18.2 Å². The van der Waals surface area contributed by atoms with Crippen LogP contribution in [0, 0.1) is 18.6 Å². The largest absolute Gasteiger partial charge is 0.483 e. The van der Waals surface area contributed by atoms with Gasteiger partial charge in [-0.1, -0.05) is 43.7 Å². The molecular formula is C31H29F2NO6. The zero-order valence-corrected chi connectivity index (χ0v) is 22.4. The lowest BCUT2D eigenvalue weighted by Gasteiger charge is -2.14. The van der Waals surface area contributed by atoms with Gasteiger partial charge in [0.2, 0.25) is 0 Å². The summed E-state index contributed by atoms with van der Waals surface area (Å²) >= 11 is 0. The molecule has 0 fully saturated rings. The van der Waals surface area contributed by atoms with Crippen molar-refractivity contribution in [3.63, 3.8) is 0 Å².